The van der Waals surface area contributed by atoms with Crippen molar-refractivity contribution in [2.24, 2.45) is 0 Å². The molecule has 0 amide bonds. The van der Waals surface area contributed by atoms with E-state index < -0.39 is 22.2 Å². The van der Waals surface area contributed by atoms with E-state index in [0.717, 1.165) is 4.31 Å². The third kappa shape index (κ3) is 3.92. The normalized spacial score (nSPS) is 19.4. The molecule has 1 fully saturated rings. The molecule has 1 saturated heterocycles. The van der Waals surface area contributed by atoms with Crippen LogP contribution >= 0.6 is 15.9 Å². The average molecular weight is 378 g/mol. The van der Waals surface area contributed by atoms with Crippen molar-refractivity contribution in [3.8, 4) is 0 Å². The van der Waals surface area contributed by atoms with E-state index in [0.29, 0.717) is 17.4 Å². The van der Waals surface area contributed by atoms with Gasteiger partial charge in [-0.15, -0.1) is 0 Å². The topological polar surface area (TPSA) is 88.6 Å². The highest BCUT2D eigenvalue weighted by atomic mass is 79.9. The van der Waals surface area contributed by atoms with Crippen molar-refractivity contribution in [1.82, 2.24) is 9.29 Å². The van der Waals surface area contributed by atoms with Crippen LogP contribution in [-0.4, -0.2) is 42.9 Å². The summed E-state index contributed by atoms with van der Waals surface area (Å²) in [4.78, 5) is 15.8. The molecule has 1 aliphatic rings. The van der Waals surface area contributed by atoms with Gasteiger partial charge >= 0.3 is 16.2 Å². The molecule has 21 heavy (non-hydrogen) atoms. The Bertz CT molecular complexity index is 623. The van der Waals surface area contributed by atoms with E-state index in [1.165, 1.54) is 6.07 Å². The quantitative estimate of drug-likeness (QED) is 0.620. The summed E-state index contributed by atoms with van der Waals surface area (Å²) in [5.74, 6) is -0.318. The molecule has 1 aliphatic heterocycles. The molecule has 1 N–H and O–H groups in total. The summed E-state index contributed by atoms with van der Waals surface area (Å²) in [5.41, 5.74) is 0. The number of rotatable bonds is 5. The van der Waals surface area contributed by atoms with Crippen molar-refractivity contribution in [3.63, 3.8) is 0 Å². The predicted molar refractivity (Wildman–Crippen MR) is 80.8 cm³/mol. The van der Waals surface area contributed by atoms with Gasteiger partial charge in [-0.05, 0) is 47.8 Å². The Morgan fingerprint density at radius 1 is 1.57 bits per heavy atom. The summed E-state index contributed by atoms with van der Waals surface area (Å²) in [6.45, 7) is 2.20. The van der Waals surface area contributed by atoms with Gasteiger partial charge in [0.1, 0.15) is 16.5 Å². The van der Waals surface area contributed by atoms with Gasteiger partial charge in [-0.25, -0.2) is 4.98 Å². The Hall–Kier alpha value is -1.19. The number of hydrogen-bond acceptors (Lipinski definition) is 5. The van der Waals surface area contributed by atoms with Crippen LogP contribution in [0.1, 0.15) is 19.8 Å². The lowest BCUT2D eigenvalue weighted by Crippen LogP contribution is -2.44. The second-order valence-corrected chi connectivity index (χ2v) is 6.91. The maximum atomic E-state index is 12.4. The van der Waals surface area contributed by atoms with Crippen LogP contribution in [0.5, 0.6) is 0 Å². The van der Waals surface area contributed by atoms with Gasteiger partial charge in [0.25, 0.3) is 0 Å². The number of hydrogen-bond donors (Lipinski definition) is 1. The van der Waals surface area contributed by atoms with E-state index in [1.807, 2.05) is 0 Å². The van der Waals surface area contributed by atoms with Crippen LogP contribution in [0.2, 0.25) is 0 Å². The number of ether oxygens (including phenoxy) is 1. The van der Waals surface area contributed by atoms with E-state index in [9.17, 15) is 13.2 Å². The Labute approximate surface area is 132 Å². The Balaban J connectivity index is 2.16. The summed E-state index contributed by atoms with van der Waals surface area (Å²) in [7, 11) is -3.84. The standard InChI is InChI=1S/C12H16BrN3O4S/c1-2-20-12(17)9-5-4-8-16(9)21(18,19)15-11-7-3-6-10(13)14-11/h3,6-7,9H,2,4-5,8H2,1H3,(H,14,15). The van der Waals surface area contributed by atoms with Crippen LogP contribution in [0.3, 0.4) is 0 Å². The lowest BCUT2D eigenvalue weighted by atomic mass is 10.2. The number of esters is 1. The van der Waals surface area contributed by atoms with Crippen LogP contribution in [0.25, 0.3) is 0 Å². The number of carbonyl (C=O) groups is 1. The summed E-state index contributed by atoms with van der Waals surface area (Å²) in [6.07, 6.45) is 1.09. The molecule has 1 aromatic rings. The van der Waals surface area contributed by atoms with E-state index in [2.05, 4.69) is 25.6 Å². The lowest BCUT2D eigenvalue weighted by molar-refractivity contribution is -0.146. The fourth-order valence-corrected chi connectivity index (χ4v) is 3.89. The number of nitrogens with zero attached hydrogens (tertiary/aromatic N) is 2. The van der Waals surface area contributed by atoms with Crippen molar-refractivity contribution < 1.29 is 17.9 Å². The van der Waals surface area contributed by atoms with E-state index in [4.69, 9.17) is 4.74 Å². The number of aromatic nitrogens is 1. The van der Waals surface area contributed by atoms with Crippen LogP contribution in [0.15, 0.2) is 22.8 Å². The summed E-state index contributed by atoms with van der Waals surface area (Å²) >= 11 is 3.18. The van der Waals surface area contributed by atoms with Gasteiger partial charge in [0.2, 0.25) is 0 Å². The second-order valence-electron chi connectivity index (χ2n) is 4.47. The molecule has 1 atom stereocenters. The monoisotopic (exact) mass is 377 g/mol. The molecule has 0 aliphatic carbocycles. The van der Waals surface area contributed by atoms with Crippen molar-refractivity contribution >= 4 is 37.9 Å². The SMILES string of the molecule is CCOC(=O)C1CCCN1S(=O)(=O)Nc1cccc(Br)n1. The highest BCUT2D eigenvalue weighted by molar-refractivity contribution is 9.10. The third-order valence-corrected chi connectivity index (χ3v) is 4.98. The number of carbonyl (C=O) groups excluding carboxylic acids is 1. The summed E-state index contributed by atoms with van der Waals surface area (Å²) < 4.78 is 33.7. The van der Waals surface area contributed by atoms with Gasteiger partial charge < -0.3 is 4.74 Å². The van der Waals surface area contributed by atoms with Crippen LogP contribution in [-0.2, 0) is 19.7 Å². The number of halogens is 1. The summed E-state index contributed by atoms with van der Waals surface area (Å²) in [5, 5.41) is 0. The van der Waals surface area contributed by atoms with Crippen LogP contribution in [0, 0.1) is 0 Å². The van der Waals surface area contributed by atoms with Gasteiger partial charge in [0.15, 0.2) is 0 Å². The molecule has 116 valence electrons. The first-order valence-corrected chi connectivity index (χ1v) is 8.76. The molecule has 2 rings (SSSR count). The van der Waals surface area contributed by atoms with Crippen molar-refractivity contribution in [3.05, 3.63) is 22.8 Å². The Morgan fingerprint density at radius 3 is 3.00 bits per heavy atom. The zero-order valence-corrected chi connectivity index (χ0v) is 13.9. The van der Waals surface area contributed by atoms with Crippen molar-refractivity contribution in [2.45, 2.75) is 25.8 Å². The van der Waals surface area contributed by atoms with E-state index in [1.54, 1.807) is 19.1 Å². The minimum Gasteiger partial charge on any atom is -0.465 e. The molecular weight excluding hydrogens is 362 g/mol. The largest absolute Gasteiger partial charge is 0.465 e. The van der Waals surface area contributed by atoms with Gasteiger partial charge in [0.05, 0.1) is 6.61 Å². The lowest BCUT2D eigenvalue weighted by Gasteiger charge is -2.22. The maximum absolute atomic E-state index is 12.4. The molecule has 0 aromatic carbocycles. The van der Waals surface area contributed by atoms with E-state index in [-0.39, 0.29) is 19.0 Å². The predicted octanol–water partition coefficient (Wildman–Crippen LogP) is 1.53. The van der Waals surface area contributed by atoms with Crippen LogP contribution in [0.4, 0.5) is 5.82 Å². The van der Waals surface area contributed by atoms with Crippen molar-refractivity contribution in [2.75, 3.05) is 17.9 Å². The fourth-order valence-electron chi connectivity index (χ4n) is 2.16. The number of anilines is 1. The number of pyridine rings is 1. The Kier molecular flexibility index (Phi) is 5.17. The minimum absolute atomic E-state index is 0.193. The first-order chi connectivity index (χ1) is 9.94. The molecule has 9 heteroatoms. The van der Waals surface area contributed by atoms with Gasteiger partial charge in [-0.1, -0.05) is 6.07 Å². The molecule has 0 bridgehead atoms. The zero-order valence-electron chi connectivity index (χ0n) is 11.5. The Morgan fingerprint density at radius 2 is 2.33 bits per heavy atom. The molecule has 2 heterocycles. The first-order valence-electron chi connectivity index (χ1n) is 6.53. The van der Waals surface area contributed by atoms with E-state index >= 15 is 0 Å². The molecule has 0 radical (unpaired) electrons. The second kappa shape index (κ2) is 6.71. The van der Waals surface area contributed by atoms with Gasteiger partial charge in [-0.3, -0.25) is 9.52 Å². The van der Waals surface area contributed by atoms with Crippen LogP contribution < -0.4 is 4.72 Å². The third-order valence-electron chi connectivity index (χ3n) is 3.02. The fraction of sp³-hybridized carbons (Fsp3) is 0.500. The van der Waals surface area contributed by atoms with Gasteiger partial charge in [0, 0.05) is 6.54 Å². The zero-order chi connectivity index (χ0) is 15.5. The van der Waals surface area contributed by atoms with Gasteiger partial charge in [-0.2, -0.15) is 12.7 Å². The maximum Gasteiger partial charge on any atom is 0.324 e. The average Bonchev–Trinajstić information content (AvgIpc) is 2.88. The van der Waals surface area contributed by atoms with Crippen molar-refractivity contribution in [1.29, 1.82) is 0 Å². The minimum atomic E-state index is -3.84. The molecule has 7 nitrogen and oxygen atoms in total. The molecule has 1 aromatic heterocycles. The molecule has 0 spiro atoms. The molecular formula is C12H16BrN3O4S. The number of nitrogens with one attached hydrogen (secondary N) is 1. The smallest absolute Gasteiger partial charge is 0.324 e. The highest BCUT2D eigenvalue weighted by Crippen LogP contribution is 2.23. The first kappa shape index (κ1) is 16.2. The molecule has 0 saturated carbocycles. The summed E-state index contributed by atoms with van der Waals surface area (Å²) in [6, 6.07) is 4.13. The highest BCUT2D eigenvalue weighted by Gasteiger charge is 2.39. The molecule has 1 unspecified atom stereocenters.